The van der Waals surface area contributed by atoms with E-state index in [1.54, 1.807) is 5.56 Å². The van der Waals surface area contributed by atoms with Gasteiger partial charge < -0.3 is 4.90 Å². The Labute approximate surface area is 111 Å². The summed E-state index contributed by atoms with van der Waals surface area (Å²) in [7, 11) is 2.21. The fourth-order valence-corrected chi connectivity index (χ4v) is 4.00. The molecule has 0 aliphatic carbocycles. The standard InChI is InChI=1S/C13H18BrNS/c1-10(14)7-15(2)8-11-9-16-13-6-4-3-5-12(11)13/h3-6,10-11H,7-9H2,1-2H3. The van der Waals surface area contributed by atoms with Crippen LogP contribution in [0.1, 0.15) is 18.4 Å². The van der Waals surface area contributed by atoms with Crippen LogP contribution in [0.4, 0.5) is 0 Å². The molecule has 16 heavy (non-hydrogen) atoms. The molecular formula is C13H18BrNS. The van der Waals surface area contributed by atoms with Crippen LogP contribution < -0.4 is 0 Å². The van der Waals surface area contributed by atoms with E-state index in [0.29, 0.717) is 10.7 Å². The van der Waals surface area contributed by atoms with E-state index in [2.05, 4.69) is 59.1 Å². The molecular weight excluding hydrogens is 282 g/mol. The van der Waals surface area contributed by atoms with Crippen LogP contribution in [0.25, 0.3) is 0 Å². The Morgan fingerprint density at radius 2 is 2.25 bits per heavy atom. The minimum atomic E-state index is 0.571. The average molecular weight is 300 g/mol. The zero-order valence-electron chi connectivity index (χ0n) is 9.82. The Morgan fingerprint density at radius 1 is 1.50 bits per heavy atom. The summed E-state index contributed by atoms with van der Waals surface area (Å²) in [5.74, 6) is 1.94. The van der Waals surface area contributed by atoms with E-state index in [4.69, 9.17) is 0 Å². The molecule has 0 radical (unpaired) electrons. The monoisotopic (exact) mass is 299 g/mol. The number of fused-ring (bicyclic) bond motifs is 1. The fraction of sp³-hybridized carbons (Fsp3) is 0.538. The smallest absolute Gasteiger partial charge is 0.0244 e. The third kappa shape index (κ3) is 3.02. The maximum atomic E-state index is 3.61. The van der Waals surface area contributed by atoms with Gasteiger partial charge in [0.25, 0.3) is 0 Å². The van der Waals surface area contributed by atoms with Crippen molar-refractivity contribution in [2.75, 3.05) is 25.9 Å². The van der Waals surface area contributed by atoms with Crippen LogP contribution in [0, 0.1) is 0 Å². The normalized spacial score (nSPS) is 21.1. The maximum Gasteiger partial charge on any atom is 0.0244 e. The number of thioether (sulfide) groups is 1. The lowest BCUT2D eigenvalue weighted by atomic mass is 10.0. The van der Waals surface area contributed by atoms with Crippen LogP contribution in [0.15, 0.2) is 29.2 Å². The van der Waals surface area contributed by atoms with Crippen LogP contribution in [0.3, 0.4) is 0 Å². The highest BCUT2D eigenvalue weighted by atomic mass is 79.9. The minimum Gasteiger partial charge on any atom is -0.305 e. The van der Waals surface area contributed by atoms with Gasteiger partial charge in [-0.15, -0.1) is 11.8 Å². The number of rotatable bonds is 4. The van der Waals surface area contributed by atoms with Crippen LogP contribution in [0.2, 0.25) is 0 Å². The summed E-state index contributed by atoms with van der Waals surface area (Å²) in [5, 5.41) is 0. The number of nitrogens with zero attached hydrogens (tertiary/aromatic N) is 1. The zero-order chi connectivity index (χ0) is 11.5. The molecule has 1 nitrogen and oxygen atoms in total. The van der Waals surface area contributed by atoms with Gasteiger partial charge in [-0.25, -0.2) is 0 Å². The molecule has 2 rings (SSSR count). The Morgan fingerprint density at radius 3 is 3.00 bits per heavy atom. The van der Waals surface area contributed by atoms with Crippen LogP contribution in [-0.2, 0) is 0 Å². The molecule has 0 N–H and O–H groups in total. The highest BCUT2D eigenvalue weighted by molar-refractivity contribution is 9.09. The third-order valence-corrected chi connectivity index (χ3v) is 4.44. The highest BCUT2D eigenvalue weighted by Crippen LogP contribution is 2.39. The van der Waals surface area contributed by atoms with Gasteiger partial charge in [0, 0.05) is 34.5 Å². The van der Waals surface area contributed by atoms with E-state index in [9.17, 15) is 0 Å². The van der Waals surface area contributed by atoms with Crippen LogP contribution in [0.5, 0.6) is 0 Å². The maximum absolute atomic E-state index is 3.61. The van der Waals surface area contributed by atoms with Crippen molar-refractivity contribution in [2.45, 2.75) is 22.6 Å². The van der Waals surface area contributed by atoms with Crippen molar-refractivity contribution < 1.29 is 0 Å². The zero-order valence-corrected chi connectivity index (χ0v) is 12.2. The Hall–Kier alpha value is 0.0100. The molecule has 0 saturated carbocycles. The van der Waals surface area contributed by atoms with Crippen molar-refractivity contribution in [3.63, 3.8) is 0 Å². The summed E-state index contributed by atoms with van der Waals surface area (Å²) in [6, 6.07) is 8.82. The van der Waals surface area contributed by atoms with Gasteiger partial charge in [-0.05, 0) is 18.7 Å². The van der Waals surface area contributed by atoms with Gasteiger partial charge in [0.1, 0.15) is 0 Å². The first-order valence-electron chi connectivity index (χ1n) is 5.71. The van der Waals surface area contributed by atoms with Crippen molar-refractivity contribution in [3.8, 4) is 0 Å². The summed E-state index contributed by atoms with van der Waals surface area (Å²) in [5.41, 5.74) is 1.54. The molecule has 1 aromatic rings. The molecule has 1 aliphatic heterocycles. The number of halogens is 1. The number of likely N-dealkylation sites (N-methyl/N-ethyl adjacent to an activating group) is 1. The fourth-order valence-electron chi connectivity index (χ4n) is 2.26. The number of hydrogen-bond donors (Lipinski definition) is 0. The summed E-state index contributed by atoms with van der Waals surface area (Å²) in [6.07, 6.45) is 0. The highest BCUT2D eigenvalue weighted by Gasteiger charge is 2.23. The van der Waals surface area contributed by atoms with Gasteiger partial charge in [0.15, 0.2) is 0 Å². The molecule has 0 saturated heterocycles. The predicted octanol–water partition coefficient (Wildman–Crippen LogP) is 3.59. The van der Waals surface area contributed by atoms with Gasteiger partial charge in [-0.1, -0.05) is 41.1 Å². The Balaban J connectivity index is 1.98. The molecule has 2 atom stereocenters. The lowest BCUT2D eigenvalue weighted by molar-refractivity contribution is 0.324. The van der Waals surface area contributed by atoms with Gasteiger partial charge in [-0.2, -0.15) is 0 Å². The molecule has 0 amide bonds. The summed E-state index contributed by atoms with van der Waals surface area (Å²) in [6.45, 7) is 4.48. The van der Waals surface area contributed by atoms with Gasteiger partial charge in [0.2, 0.25) is 0 Å². The van der Waals surface area contributed by atoms with E-state index in [1.807, 2.05) is 11.8 Å². The van der Waals surface area contributed by atoms with E-state index in [1.165, 1.54) is 17.2 Å². The number of alkyl halides is 1. The molecule has 88 valence electrons. The first-order valence-corrected chi connectivity index (χ1v) is 7.61. The third-order valence-electron chi connectivity index (χ3n) is 2.89. The molecule has 0 spiro atoms. The molecule has 0 fully saturated rings. The minimum absolute atomic E-state index is 0.571. The lowest BCUT2D eigenvalue weighted by Crippen LogP contribution is -2.29. The Kier molecular flexibility index (Phi) is 4.34. The molecule has 2 unspecified atom stereocenters. The first-order chi connectivity index (χ1) is 7.66. The second-order valence-corrected chi connectivity index (χ2v) is 7.17. The molecule has 1 heterocycles. The van der Waals surface area contributed by atoms with E-state index in [-0.39, 0.29) is 0 Å². The van der Waals surface area contributed by atoms with Crippen LogP contribution >= 0.6 is 27.7 Å². The molecule has 3 heteroatoms. The van der Waals surface area contributed by atoms with Crippen LogP contribution in [-0.4, -0.2) is 35.6 Å². The van der Waals surface area contributed by atoms with Crippen molar-refractivity contribution in [3.05, 3.63) is 29.8 Å². The second-order valence-electron chi connectivity index (χ2n) is 4.55. The average Bonchev–Trinajstić information content (AvgIpc) is 2.61. The summed E-state index contributed by atoms with van der Waals surface area (Å²) >= 11 is 5.61. The molecule has 1 aromatic carbocycles. The van der Waals surface area contributed by atoms with E-state index < -0.39 is 0 Å². The number of benzene rings is 1. The largest absolute Gasteiger partial charge is 0.305 e. The Bertz CT molecular complexity index is 354. The van der Waals surface area contributed by atoms with Gasteiger partial charge in [-0.3, -0.25) is 0 Å². The van der Waals surface area contributed by atoms with E-state index >= 15 is 0 Å². The van der Waals surface area contributed by atoms with Crippen molar-refractivity contribution in [1.82, 2.24) is 4.90 Å². The summed E-state index contributed by atoms with van der Waals surface area (Å²) in [4.78, 5) is 4.47. The van der Waals surface area contributed by atoms with Crippen molar-refractivity contribution in [1.29, 1.82) is 0 Å². The SMILES string of the molecule is CC(Br)CN(C)CC1CSc2ccccc21. The lowest BCUT2D eigenvalue weighted by Gasteiger charge is -2.22. The van der Waals surface area contributed by atoms with Crippen molar-refractivity contribution >= 4 is 27.7 Å². The van der Waals surface area contributed by atoms with Crippen molar-refractivity contribution in [2.24, 2.45) is 0 Å². The topological polar surface area (TPSA) is 3.24 Å². The second kappa shape index (κ2) is 5.56. The van der Waals surface area contributed by atoms with Gasteiger partial charge >= 0.3 is 0 Å². The molecule has 0 aromatic heterocycles. The van der Waals surface area contributed by atoms with E-state index in [0.717, 1.165) is 6.54 Å². The molecule has 1 aliphatic rings. The predicted molar refractivity (Wildman–Crippen MR) is 75.8 cm³/mol. The summed E-state index contributed by atoms with van der Waals surface area (Å²) < 4.78 is 0. The van der Waals surface area contributed by atoms with Gasteiger partial charge in [0.05, 0.1) is 0 Å². The quantitative estimate of drug-likeness (QED) is 0.782. The first kappa shape index (κ1) is 12.5. The number of hydrogen-bond acceptors (Lipinski definition) is 2. The molecule has 0 bridgehead atoms.